The molecule has 1 aromatic heterocycles. The number of hydrogen-bond donors (Lipinski definition) is 0. The Hall–Kier alpha value is -2.93. The van der Waals surface area contributed by atoms with Crippen LogP contribution in [0.2, 0.25) is 0 Å². The van der Waals surface area contributed by atoms with Gasteiger partial charge < -0.3 is 4.42 Å². The molecule has 124 valence electrons. The summed E-state index contributed by atoms with van der Waals surface area (Å²) in [5.74, 6) is -0.0652. The van der Waals surface area contributed by atoms with Crippen molar-refractivity contribution in [3.8, 4) is 11.5 Å². The van der Waals surface area contributed by atoms with E-state index in [4.69, 9.17) is 4.42 Å². The van der Waals surface area contributed by atoms with Gasteiger partial charge in [-0.3, -0.25) is 14.5 Å². The van der Waals surface area contributed by atoms with Gasteiger partial charge in [-0.2, -0.15) is 0 Å². The highest BCUT2D eigenvalue weighted by atomic mass is 32.2. The highest BCUT2D eigenvalue weighted by Crippen LogP contribution is 2.28. The van der Waals surface area contributed by atoms with E-state index in [1.54, 1.807) is 24.3 Å². The highest BCUT2D eigenvalue weighted by molar-refractivity contribution is 7.99. The zero-order chi connectivity index (χ0) is 17.4. The maximum atomic E-state index is 12.3. The van der Waals surface area contributed by atoms with E-state index in [1.807, 2.05) is 31.2 Å². The summed E-state index contributed by atoms with van der Waals surface area (Å²) in [6.07, 6.45) is 0. The van der Waals surface area contributed by atoms with E-state index in [0.29, 0.717) is 22.2 Å². The summed E-state index contributed by atoms with van der Waals surface area (Å²) in [6, 6.07) is 14.5. The van der Waals surface area contributed by atoms with Gasteiger partial charge in [0.2, 0.25) is 5.89 Å². The number of imide groups is 1. The second-order valence-corrected chi connectivity index (χ2v) is 6.49. The Balaban J connectivity index is 1.47. The summed E-state index contributed by atoms with van der Waals surface area (Å²) in [7, 11) is 0. The third-order valence-electron chi connectivity index (χ3n) is 3.90. The number of rotatable bonds is 4. The van der Waals surface area contributed by atoms with Gasteiger partial charge in [0.1, 0.15) is 0 Å². The number of hydrogen-bond acceptors (Lipinski definition) is 6. The van der Waals surface area contributed by atoms with Crippen LogP contribution in [0.5, 0.6) is 0 Å². The Labute approximate surface area is 147 Å². The maximum absolute atomic E-state index is 12.3. The summed E-state index contributed by atoms with van der Waals surface area (Å²) >= 11 is 1.16. The van der Waals surface area contributed by atoms with Crippen molar-refractivity contribution in [1.29, 1.82) is 0 Å². The zero-order valence-corrected chi connectivity index (χ0v) is 14.1. The quantitative estimate of drug-likeness (QED) is 0.530. The minimum absolute atomic E-state index is 0.127. The fourth-order valence-corrected chi connectivity index (χ4v) is 3.27. The molecule has 2 aromatic carbocycles. The molecule has 7 heteroatoms. The first-order valence-corrected chi connectivity index (χ1v) is 8.60. The van der Waals surface area contributed by atoms with Crippen LogP contribution in [-0.2, 0) is 0 Å². The summed E-state index contributed by atoms with van der Waals surface area (Å²) in [6.45, 7) is 2.00. The van der Waals surface area contributed by atoms with Crippen molar-refractivity contribution in [2.45, 2.75) is 12.1 Å². The molecular weight excluding hydrogens is 338 g/mol. The first-order valence-electron chi connectivity index (χ1n) is 7.62. The van der Waals surface area contributed by atoms with E-state index in [-0.39, 0.29) is 17.7 Å². The third-order valence-corrected chi connectivity index (χ3v) is 4.70. The molecule has 6 nitrogen and oxygen atoms in total. The molecule has 0 fully saturated rings. The van der Waals surface area contributed by atoms with Gasteiger partial charge in [-0.1, -0.05) is 29.8 Å². The van der Waals surface area contributed by atoms with Crippen LogP contribution < -0.4 is 0 Å². The molecule has 4 rings (SSSR count). The molecule has 25 heavy (non-hydrogen) atoms. The van der Waals surface area contributed by atoms with Gasteiger partial charge in [-0.15, -0.1) is 10.2 Å². The Morgan fingerprint density at radius 1 is 0.960 bits per heavy atom. The van der Waals surface area contributed by atoms with Crippen LogP contribution in [0.3, 0.4) is 0 Å². The normalized spacial score (nSPS) is 13.4. The lowest BCUT2D eigenvalue weighted by atomic mass is 10.1. The van der Waals surface area contributed by atoms with Gasteiger partial charge in [0.25, 0.3) is 17.0 Å². The summed E-state index contributed by atoms with van der Waals surface area (Å²) in [4.78, 5) is 25.8. The fraction of sp³-hybridized carbons (Fsp3) is 0.111. The molecule has 0 saturated heterocycles. The molecule has 1 aliphatic heterocycles. The first kappa shape index (κ1) is 15.6. The molecule has 0 aliphatic carbocycles. The lowest BCUT2D eigenvalue weighted by Gasteiger charge is -2.11. The molecular formula is C18H13N3O3S. The molecule has 0 spiro atoms. The minimum atomic E-state index is -0.300. The van der Waals surface area contributed by atoms with Crippen LogP contribution in [0.15, 0.2) is 58.2 Å². The molecule has 0 radical (unpaired) electrons. The molecule has 1 aliphatic rings. The largest absolute Gasteiger partial charge is 0.411 e. The SMILES string of the molecule is Cc1ccc(-c2nnc(SCN3C(=O)c4ccccc4C3=O)o2)cc1. The van der Waals surface area contributed by atoms with Crippen LogP contribution >= 0.6 is 11.8 Å². The smallest absolute Gasteiger partial charge is 0.278 e. The monoisotopic (exact) mass is 351 g/mol. The van der Waals surface area contributed by atoms with Crippen molar-refractivity contribution < 1.29 is 14.0 Å². The van der Waals surface area contributed by atoms with E-state index < -0.39 is 0 Å². The van der Waals surface area contributed by atoms with E-state index in [1.165, 1.54) is 4.90 Å². The van der Waals surface area contributed by atoms with Gasteiger partial charge in [-0.25, -0.2) is 0 Å². The molecule has 2 heterocycles. The molecule has 3 aromatic rings. The average molecular weight is 351 g/mol. The topological polar surface area (TPSA) is 76.3 Å². The minimum Gasteiger partial charge on any atom is -0.411 e. The number of aromatic nitrogens is 2. The zero-order valence-electron chi connectivity index (χ0n) is 13.3. The molecule has 0 unspecified atom stereocenters. The van der Waals surface area contributed by atoms with Crippen molar-refractivity contribution in [2.24, 2.45) is 0 Å². The second-order valence-electron chi connectivity index (χ2n) is 5.60. The molecule has 0 N–H and O–H groups in total. The average Bonchev–Trinajstić information content (AvgIpc) is 3.19. The van der Waals surface area contributed by atoms with E-state index >= 15 is 0 Å². The van der Waals surface area contributed by atoms with Crippen molar-refractivity contribution in [1.82, 2.24) is 15.1 Å². The van der Waals surface area contributed by atoms with Gasteiger partial charge in [0.05, 0.1) is 17.0 Å². The van der Waals surface area contributed by atoms with Gasteiger partial charge in [-0.05, 0) is 43.0 Å². The van der Waals surface area contributed by atoms with Crippen molar-refractivity contribution in [2.75, 3.05) is 5.88 Å². The van der Waals surface area contributed by atoms with Crippen LogP contribution in [-0.4, -0.2) is 32.8 Å². The van der Waals surface area contributed by atoms with Crippen LogP contribution in [0.25, 0.3) is 11.5 Å². The molecule has 0 saturated carbocycles. The van der Waals surface area contributed by atoms with Crippen molar-refractivity contribution >= 4 is 23.6 Å². The van der Waals surface area contributed by atoms with Crippen LogP contribution in [0.4, 0.5) is 0 Å². The van der Waals surface area contributed by atoms with E-state index in [2.05, 4.69) is 10.2 Å². The van der Waals surface area contributed by atoms with Gasteiger partial charge in [0, 0.05) is 5.56 Å². The summed E-state index contributed by atoms with van der Waals surface area (Å²) in [5, 5.41) is 8.30. The van der Waals surface area contributed by atoms with E-state index in [9.17, 15) is 9.59 Å². The number of fused-ring (bicyclic) bond motifs is 1. The number of amides is 2. The second kappa shape index (κ2) is 6.18. The van der Waals surface area contributed by atoms with Crippen molar-refractivity contribution in [3.05, 3.63) is 65.2 Å². The summed E-state index contributed by atoms with van der Waals surface area (Å²) in [5.41, 5.74) is 2.83. The van der Waals surface area contributed by atoms with Crippen LogP contribution in [0, 0.1) is 6.92 Å². The molecule has 0 atom stereocenters. The fourth-order valence-electron chi connectivity index (χ4n) is 2.56. The third kappa shape index (κ3) is 2.83. The number of nitrogens with zero attached hydrogens (tertiary/aromatic N) is 3. The predicted octanol–water partition coefficient (Wildman–Crippen LogP) is 3.39. The number of aryl methyl sites for hydroxylation is 1. The Bertz CT molecular complexity index is 931. The maximum Gasteiger partial charge on any atom is 0.278 e. The summed E-state index contributed by atoms with van der Waals surface area (Å²) < 4.78 is 5.61. The molecule has 2 amide bonds. The number of carbonyl (C=O) groups excluding carboxylic acids is 2. The first-order chi connectivity index (χ1) is 12.1. The number of benzene rings is 2. The Kier molecular flexibility index (Phi) is 3.85. The van der Waals surface area contributed by atoms with Crippen molar-refractivity contribution in [3.63, 3.8) is 0 Å². The van der Waals surface area contributed by atoms with Gasteiger partial charge >= 0.3 is 0 Å². The lowest BCUT2D eigenvalue weighted by Crippen LogP contribution is -2.29. The Morgan fingerprint density at radius 3 is 2.24 bits per heavy atom. The number of carbonyl (C=O) groups is 2. The predicted molar refractivity (Wildman–Crippen MR) is 92.1 cm³/mol. The van der Waals surface area contributed by atoms with Gasteiger partial charge in [0.15, 0.2) is 0 Å². The highest BCUT2D eigenvalue weighted by Gasteiger charge is 2.35. The number of thioether (sulfide) groups is 1. The van der Waals surface area contributed by atoms with E-state index in [0.717, 1.165) is 22.9 Å². The van der Waals surface area contributed by atoms with Crippen LogP contribution in [0.1, 0.15) is 26.3 Å². The standard InChI is InChI=1S/C18H13N3O3S/c1-11-6-8-12(9-7-11)15-19-20-18(24-15)25-10-21-16(22)13-4-2-3-5-14(13)17(21)23/h2-9H,10H2,1H3. The molecule has 0 bridgehead atoms. The lowest BCUT2D eigenvalue weighted by molar-refractivity contribution is 0.0684. The Morgan fingerprint density at radius 2 is 1.60 bits per heavy atom.